The lowest BCUT2D eigenvalue weighted by Crippen LogP contribution is -2.39. The molecular formula is C14H23N3O2S. The average molecular weight is 297 g/mol. The number of nitrogens with zero attached hydrogens (tertiary/aromatic N) is 2. The molecule has 2 N–H and O–H groups in total. The summed E-state index contributed by atoms with van der Waals surface area (Å²) in [6.07, 6.45) is 2.02. The maximum Gasteiger partial charge on any atom is 0.242 e. The van der Waals surface area contributed by atoms with Gasteiger partial charge in [-0.2, -0.15) is 0 Å². The van der Waals surface area contributed by atoms with Gasteiger partial charge in [0.05, 0.1) is 4.90 Å². The van der Waals surface area contributed by atoms with E-state index in [1.54, 1.807) is 32.3 Å². The van der Waals surface area contributed by atoms with E-state index in [0.29, 0.717) is 10.9 Å². The van der Waals surface area contributed by atoms with Crippen LogP contribution in [0.15, 0.2) is 29.2 Å². The molecule has 112 valence electrons. The predicted octanol–water partition coefficient (Wildman–Crippen LogP) is 0.860. The fourth-order valence-electron chi connectivity index (χ4n) is 2.38. The normalized spacial score (nSPS) is 18.6. The lowest BCUT2D eigenvalue weighted by atomic mass is 10.1. The molecule has 1 fully saturated rings. The summed E-state index contributed by atoms with van der Waals surface area (Å²) in [6, 6.07) is 7.51. The smallest absolute Gasteiger partial charge is 0.242 e. The van der Waals surface area contributed by atoms with Crippen LogP contribution in [-0.4, -0.2) is 50.8 Å². The second-order valence-electron chi connectivity index (χ2n) is 5.55. The molecule has 1 aliphatic rings. The van der Waals surface area contributed by atoms with Gasteiger partial charge in [-0.15, -0.1) is 0 Å². The summed E-state index contributed by atoms with van der Waals surface area (Å²) in [5.74, 6) is 0. The first kappa shape index (κ1) is 15.4. The Morgan fingerprint density at radius 2 is 1.95 bits per heavy atom. The molecule has 1 saturated heterocycles. The fraction of sp³-hybridized carbons (Fsp3) is 0.571. The molecule has 0 radical (unpaired) electrons. The van der Waals surface area contributed by atoms with Gasteiger partial charge in [-0.05, 0) is 43.6 Å². The van der Waals surface area contributed by atoms with E-state index in [2.05, 4.69) is 4.90 Å². The van der Waals surface area contributed by atoms with Crippen molar-refractivity contribution >= 4 is 10.0 Å². The van der Waals surface area contributed by atoms with Crippen LogP contribution in [0.25, 0.3) is 0 Å². The van der Waals surface area contributed by atoms with Crippen LogP contribution in [0.3, 0.4) is 0 Å². The molecule has 1 heterocycles. The Kier molecular flexibility index (Phi) is 4.80. The Hall–Kier alpha value is -0.950. The van der Waals surface area contributed by atoms with Crippen LogP contribution in [0.2, 0.25) is 0 Å². The molecule has 0 amide bonds. The highest BCUT2D eigenvalue weighted by Crippen LogP contribution is 2.17. The van der Waals surface area contributed by atoms with Crippen LogP contribution in [0.5, 0.6) is 0 Å². The molecule has 0 saturated carbocycles. The van der Waals surface area contributed by atoms with Gasteiger partial charge in [0.25, 0.3) is 0 Å². The molecule has 1 aromatic rings. The van der Waals surface area contributed by atoms with Gasteiger partial charge in [0.15, 0.2) is 0 Å². The molecule has 20 heavy (non-hydrogen) atoms. The Balaban J connectivity index is 2.11. The summed E-state index contributed by atoms with van der Waals surface area (Å²) in [5.41, 5.74) is 6.92. The molecular weight excluding hydrogens is 274 g/mol. The maximum atomic E-state index is 12.1. The number of rotatable bonds is 4. The van der Waals surface area contributed by atoms with Crippen molar-refractivity contribution in [3.8, 4) is 0 Å². The number of sulfonamides is 1. The lowest BCUT2D eigenvalue weighted by molar-refractivity contribution is 0.205. The second kappa shape index (κ2) is 6.22. The van der Waals surface area contributed by atoms with Crippen molar-refractivity contribution in [2.45, 2.75) is 30.3 Å². The second-order valence-corrected chi connectivity index (χ2v) is 7.70. The number of hydrogen-bond acceptors (Lipinski definition) is 4. The van der Waals surface area contributed by atoms with Crippen LogP contribution < -0.4 is 5.73 Å². The van der Waals surface area contributed by atoms with Gasteiger partial charge in [0.2, 0.25) is 10.0 Å². The monoisotopic (exact) mass is 297 g/mol. The van der Waals surface area contributed by atoms with E-state index >= 15 is 0 Å². The molecule has 1 aliphatic heterocycles. The first-order valence-electron chi connectivity index (χ1n) is 6.89. The largest absolute Gasteiger partial charge is 0.328 e. The zero-order chi connectivity index (χ0) is 14.8. The summed E-state index contributed by atoms with van der Waals surface area (Å²) in [7, 11) is -0.255. The van der Waals surface area contributed by atoms with E-state index in [9.17, 15) is 8.42 Å². The minimum Gasteiger partial charge on any atom is -0.328 e. The summed E-state index contributed by atoms with van der Waals surface area (Å²) >= 11 is 0. The van der Waals surface area contributed by atoms with Crippen LogP contribution >= 0.6 is 0 Å². The highest BCUT2D eigenvalue weighted by atomic mass is 32.2. The minimum atomic E-state index is -3.35. The third-order valence-electron chi connectivity index (χ3n) is 3.72. The van der Waals surface area contributed by atoms with E-state index in [-0.39, 0.29) is 0 Å². The average Bonchev–Trinajstić information content (AvgIpc) is 2.41. The van der Waals surface area contributed by atoms with Gasteiger partial charge in [-0.3, -0.25) is 4.90 Å². The first-order chi connectivity index (χ1) is 9.39. The van der Waals surface area contributed by atoms with E-state index in [4.69, 9.17) is 5.73 Å². The molecule has 0 unspecified atom stereocenters. The SMILES string of the molecule is CN(C)S(=O)(=O)c1cccc(CN2CCC(N)CC2)c1. The van der Waals surface area contributed by atoms with Crippen molar-refractivity contribution in [1.82, 2.24) is 9.21 Å². The first-order valence-corrected chi connectivity index (χ1v) is 8.33. The van der Waals surface area contributed by atoms with Crippen LogP contribution in [0.4, 0.5) is 0 Å². The van der Waals surface area contributed by atoms with Gasteiger partial charge >= 0.3 is 0 Å². The highest BCUT2D eigenvalue weighted by Gasteiger charge is 2.19. The number of nitrogens with two attached hydrogens (primary N) is 1. The number of hydrogen-bond donors (Lipinski definition) is 1. The summed E-state index contributed by atoms with van der Waals surface area (Å²) in [4.78, 5) is 2.68. The van der Waals surface area contributed by atoms with E-state index < -0.39 is 10.0 Å². The van der Waals surface area contributed by atoms with E-state index in [0.717, 1.165) is 38.0 Å². The Bertz CT molecular complexity index is 549. The summed E-state index contributed by atoms with van der Waals surface area (Å²) in [6.45, 7) is 2.74. The van der Waals surface area contributed by atoms with Gasteiger partial charge in [-0.25, -0.2) is 12.7 Å². The molecule has 0 atom stereocenters. The molecule has 0 bridgehead atoms. The van der Waals surface area contributed by atoms with Crippen molar-refractivity contribution in [2.24, 2.45) is 5.73 Å². The molecule has 0 aliphatic carbocycles. The third kappa shape index (κ3) is 3.58. The van der Waals surface area contributed by atoms with E-state index in [1.807, 2.05) is 6.07 Å². The fourth-order valence-corrected chi connectivity index (χ4v) is 3.36. The third-order valence-corrected chi connectivity index (χ3v) is 5.53. The number of piperidine rings is 1. The Morgan fingerprint density at radius 3 is 2.55 bits per heavy atom. The molecule has 6 heteroatoms. The Morgan fingerprint density at radius 1 is 1.30 bits per heavy atom. The molecule has 0 aromatic heterocycles. The maximum absolute atomic E-state index is 12.1. The molecule has 5 nitrogen and oxygen atoms in total. The summed E-state index contributed by atoms with van der Waals surface area (Å²) < 4.78 is 25.5. The zero-order valence-corrected chi connectivity index (χ0v) is 12.9. The molecule has 0 spiro atoms. The highest BCUT2D eigenvalue weighted by molar-refractivity contribution is 7.89. The van der Waals surface area contributed by atoms with Crippen LogP contribution in [0.1, 0.15) is 18.4 Å². The quantitative estimate of drug-likeness (QED) is 0.895. The van der Waals surface area contributed by atoms with Crippen molar-refractivity contribution in [2.75, 3.05) is 27.2 Å². The number of likely N-dealkylation sites (tertiary alicyclic amines) is 1. The van der Waals surface area contributed by atoms with Crippen molar-refractivity contribution < 1.29 is 8.42 Å². The van der Waals surface area contributed by atoms with Crippen molar-refractivity contribution in [3.63, 3.8) is 0 Å². The Labute approximate surface area is 121 Å². The molecule has 2 rings (SSSR count). The predicted molar refractivity (Wildman–Crippen MR) is 79.8 cm³/mol. The van der Waals surface area contributed by atoms with Gasteiger partial charge in [-0.1, -0.05) is 12.1 Å². The topological polar surface area (TPSA) is 66.6 Å². The number of benzene rings is 1. The standard InChI is InChI=1S/C14H23N3O2S/c1-16(2)20(18,19)14-5-3-4-12(10-14)11-17-8-6-13(15)7-9-17/h3-5,10,13H,6-9,11,15H2,1-2H3. The van der Waals surface area contributed by atoms with Crippen LogP contribution in [0, 0.1) is 0 Å². The van der Waals surface area contributed by atoms with Gasteiger partial charge < -0.3 is 5.73 Å². The van der Waals surface area contributed by atoms with Crippen molar-refractivity contribution in [1.29, 1.82) is 0 Å². The van der Waals surface area contributed by atoms with Crippen LogP contribution in [-0.2, 0) is 16.6 Å². The van der Waals surface area contributed by atoms with E-state index in [1.165, 1.54) is 4.31 Å². The van der Waals surface area contributed by atoms with Gasteiger partial charge in [0, 0.05) is 26.7 Å². The summed E-state index contributed by atoms with van der Waals surface area (Å²) in [5, 5.41) is 0. The lowest BCUT2D eigenvalue weighted by Gasteiger charge is -2.30. The van der Waals surface area contributed by atoms with Gasteiger partial charge in [0.1, 0.15) is 0 Å². The zero-order valence-electron chi connectivity index (χ0n) is 12.1. The minimum absolute atomic E-state index is 0.312. The van der Waals surface area contributed by atoms with Crippen molar-refractivity contribution in [3.05, 3.63) is 29.8 Å². The molecule has 1 aromatic carbocycles.